The lowest BCUT2D eigenvalue weighted by Gasteiger charge is -2.40. The van der Waals surface area contributed by atoms with Crippen LogP contribution in [0.25, 0.3) is 0 Å². The number of carbonyl (C=O) groups excluding carboxylic acids is 1. The van der Waals surface area contributed by atoms with E-state index in [4.69, 9.17) is 9.47 Å². The number of ether oxygens (including phenoxy) is 2. The van der Waals surface area contributed by atoms with Gasteiger partial charge in [0.05, 0.1) is 24.3 Å². The van der Waals surface area contributed by atoms with Crippen molar-refractivity contribution >= 4 is 11.7 Å². The molecular formula is C21H18F6N4O3. The lowest BCUT2D eigenvalue weighted by molar-refractivity contribution is -0.189. The number of nitrogens with one attached hydrogen (secondary N) is 1. The first-order valence-electron chi connectivity index (χ1n) is 9.78. The normalized spacial score (nSPS) is 15.2. The van der Waals surface area contributed by atoms with Crippen LogP contribution in [0.5, 0.6) is 11.5 Å². The Morgan fingerprint density at radius 3 is 2.38 bits per heavy atom. The van der Waals surface area contributed by atoms with Crippen molar-refractivity contribution in [1.29, 1.82) is 5.26 Å². The maximum Gasteiger partial charge on any atom is 0.425 e. The Morgan fingerprint density at radius 2 is 1.88 bits per heavy atom. The van der Waals surface area contributed by atoms with Crippen LogP contribution in [-0.4, -0.2) is 54.3 Å². The first-order chi connectivity index (χ1) is 15.8. The molecule has 0 saturated carbocycles. The zero-order valence-corrected chi connectivity index (χ0v) is 17.8. The van der Waals surface area contributed by atoms with Gasteiger partial charge in [-0.25, -0.2) is 4.98 Å². The van der Waals surface area contributed by atoms with Gasteiger partial charge < -0.3 is 19.7 Å². The maximum absolute atomic E-state index is 13.1. The number of benzene rings is 1. The monoisotopic (exact) mass is 488 g/mol. The third kappa shape index (κ3) is 5.27. The fraction of sp³-hybridized carbons (Fsp3) is 0.381. The molecule has 0 bridgehead atoms. The number of methoxy groups -OCH3 is 1. The van der Waals surface area contributed by atoms with Crippen LogP contribution < -0.4 is 14.8 Å². The molecule has 1 atom stereocenters. The van der Waals surface area contributed by atoms with Crippen LogP contribution >= 0.6 is 0 Å². The highest BCUT2D eigenvalue weighted by atomic mass is 19.4. The van der Waals surface area contributed by atoms with Crippen LogP contribution in [0.2, 0.25) is 0 Å². The van der Waals surface area contributed by atoms with Gasteiger partial charge in [-0.15, -0.1) is 0 Å². The highest BCUT2D eigenvalue weighted by Crippen LogP contribution is 2.36. The second-order valence-corrected chi connectivity index (χ2v) is 7.41. The van der Waals surface area contributed by atoms with Crippen LogP contribution in [0.3, 0.4) is 0 Å². The summed E-state index contributed by atoms with van der Waals surface area (Å²) in [6.07, 6.45) is -10.8. The number of nitrogens with zero attached hydrogens (tertiary/aromatic N) is 3. The minimum Gasteiger partial charge on any atom is -0.494 e. The molecule has 2 aromatic rings. The molecule has 1 saturated heterocycles. The van der Waals surface area contributed by atoms with E-state index >= 15 is 0 Å². The second kappa shape index (κ2) is 9.28. The lowest BCUT2D eigenvalue weighted by Crippen LogP contribution is -2.57. The summed E-state index contributed by atoms with van der Waals surface area (Å²) in [5, 5.41) is 12.2. The van der Waals surface area contributed by atoms with Gasteiger partial charge in [0.15, 0.2) is 11.9 Å². The summed E-state index contributed by atoms with van der Waals surface area (Å²) in [6.45, 7) is 0.936. The summed E-state index contributed by atoms with van der Waals surface area (Å²) in [6, 6.07) is 5.74. The average Bonchev–Trinajstić information content (AvgIpc) is 2.74. The molecule has 0 radical (unpaired) electrons. The molecule has 3 rings (SSSR count). The minimum atomic E-state index is -4.69. The molecule has 7 nitrogen and oxygen atoms in total. The van der Waals surface area contributed by atoms with Crippen LogP contribution in [-0.2, 0) is 6.18 Å². The van der Waals surface area contributed by atoms with E-state index in [1.165, 1.54) is 18.1 Å². The Labute approximate surface area is 189 Å². The van der Waals surface area contributed by atoms with E-state index in [9.17, 15) is 36.4 Å². The number of amides is 1. The fourth-order valence-corrected chi connectivity index (χ4v) is 3.17. The molecule has 1 aromatic carbocycles. The van der Waals surface area contributed by atoms with Crippen molar-refractivity contribution in [3.8, 4) is 17.6 Å². The molecule has 0 unspecified atom stereocenters. The van der Waals surface area contributed by atoms with Crippen molar-refractivity contribution in [1.82, 2.24) is 9.88 Å². The van der Waals surface area contributed by atoms with E-state index in [1.807, 2.05) is 6.07 Å². The molecular weight excluding hydrogens is 470 g/mol. The van der Waals surface area contributed by atoms with Gasteiger partial charge >= 0.3 is 12.4 Å². The Kier molecular flexibility index (Phi) is 6.81. The Balaban J connectivity index is 1.76. The van der Waals surface area contributed by atoms with E-state index < -0.39 is 35.7 Å². The summed E-state index contributed by atoms with van der Waals surface area (Å²) >= 11 is 0. The third-order valence-corrected chi connectivity index (χ3v) is 5.03. The summed E-state index contributed by atoms with van der Waals surface area (Å²) in [5.74, 6) is -1.18. The van der Waals surface area contributed by atoms with Crippen molar-refractivity contribution in [2.45, 2.75) is 31.4 Å². The fourth-order valence-electron chi connectivity index (χ4n) is 3.17. The third-order valence-electron chi connectivity index (χ3n) is 5.03. The molecule has 1 amide bonds. The van der Waals surface area contributed by atoms with Gasteiger partial charge in [-0.2, -0.15) is 31.6 Å². The number of aromatic nitrogens is 1. The number of alkyl halides is 6. The zero-order chi connectivity index (χ0) is 25.3. The van der Waals surface area contributed by atoms with Gasteiger partial charge in [0.1, 0.15) is 23.2 Å². The molecule has 0 spiro atoms. The van der Waals surface area contributed by atoms with Crippen molar-refractivity contribution in [3.63, 3.8) is 0 Å². The van der Waals surface area contributed by atoms with Crippen molar-refractivity contribution in [2.75, 3.05) is 25.5 Å². The van der Waals surface area contributed by atoms with Gasteiger partial charge in [-0.1, -0.05) is 0 Å². The Hall–Kier alpha value is -3.69. The number of hydrogen-bond acceptors (Lipinski definition) is 6. The van der Waals surface area contributed by atoms with E-state index in [1.54, 1.807) is 0 Å². The number of carbonyl (C=O) groups is 1. The van der Waals surface area contributed by atoms with E-state index in [2.05, 4.69) is 10.3 Å². The first kappa shape index (κ1) is 24.9. The maximum atomic E-state index is 13.1. The van der Waals surface area contributed by atoms with Crippen LogP contribution in [0, 0.1) is 11.3 Å². The van der Waals surface area contributed by atoms with Crippen LogP contribution in [0.4, 0.5) is 32.2 Å². The largest absolute Gasteiger partial charge is 0.494 e. The summed E-state index contributed by atoms with van der Waals surface area (Å²) in [5.41, 5.74) is -1.31. The summed E-state index contributed by atoms with van der Waals surface area (Å²) in [4.78, 5) is 18.1. The van der Waals surface area contributed by atoms with Gasteiger partial charge in [-0.05, 0) is 31.2 Å². The van der Waals surface area contributed by atoms with Crippen molar-refractivity contribution in [3.05, 3.63) is 47.2 Å². The number of nitriles is 1. The highest BCUT2D eigenvalue weighted by Gasteiger charge is 2.40. The summed E-state index contributed by atoms with van der Waals surface area (Å²) in [7, 11) is 1.17. The molecule has 1 aromatic heterocycles. The molecule has 1 N–H and O–H groups in total. The SMILES string of the molecule is COc1c(C#N)ccc(O[C@@H](C)C(F)(F)F)c1C(=O)N1CC(Nc2ccc(C(F)(F)F)cn2)C1. The zero-order valence-electron chi connectivity index (χ0n) is 17.8. The smallest absolute Gasteiger partial charge is 0.425 e. The highest BCUT2D eigenvalue weighted by molar-refractivity contribution is 6.01. The van der Waals surface area contributed by atoms with Crippen LogP contribution in [0.15, 0.2) is 30.5 Å². The molecule has 1 aliphatic heterocycles. The Bertz CT molecular complexity index is 1090. The summed E-state index contributed by atoms with van der Waals surface area (Å²) < 4.78 is 87.0. The average molecular weight is 488 g/mol. The number of hydrogen-bond donors (Lipinski definition) is 1. The molecule has 13 heteroatoms. The minimum absolute atomic E-state index is 0.0676. The van der Waals surface area contributed by atoms with E-state index in [0.717, 1.165) is 25.1 Å². The molecule has 1 aliphatic rings. The number of halogens is 6. The standard InChI is InChI=1S/C21H18F6N4O3/c1-11(20(22,23)24)34-15-5-3-12(7-28)18(33-2)17(15)19(32)31-9-14(10-31)30-16-6-4-13(8-29-16)21(25,26)27/h3-6,8,11,14H,9-10H2,1-2H3,(H,29,30)/t11-/m0/s1. The second-order valence-electron chi connectivity index (χ2n) is 7.41. The quantitative estimate of drug-likeness (QED) is 0.612. The predicted molar refractivity (Wildman–Crippen MR) is 106 cm³/mol. The van der Waals surface area contributed by atoms with Gasteiger partial charge in [-0.3, -0.25) is 4.79 Å². The number of pyridine rings is 1. The van der Waals surface area contributed by atoms with Gasteiger partial charge in [0, 0.05) is 19.3 Å². The van der Waals surface area contributed by atoms with Gasteiger partial charge in [0.25, 0.3) is 5.91 Å². The topological polar surface area (TPSA) is 87.5 Å². The number of rotatable bonds is 6. The molecule has 2 heterocycles. The molecule has 34 heavy (non-hydrogen) atoms. The number of anilines is 1. The lowest BCUT2D eigenvalue weighted by atomic mass is 10.0. The first-order valence-corrected chi connectivity index (χ1v) is 9.78. The van der Waals surface area contributed by atoms with Crippen molar-refractivity contribution in [2.24, 2.45) is 0 Å². The van der Waals surface area contributed by atoms with Crippen LogP contribution in [0.1, 0.15) is 28.4 Å². The molecule has 0 aliphatic carbocycles. The van der Waals surface area contributed by atoms with E-state index in [-0.39, 0.29) is 41.8 Å². The molecule has 1 fully saturated rings. The molecule has 182 valence electrons. The van der Waals surface area contributed by atoms with E-state index in [0.29, 0.717) is 6.20 Å². The predicted octanol–water partition coefficient (Wildman–Crippen LogP) is 4.25. The van der Waals surface area contributed by atoms with Crippen molar-refractivity contribution < 1.29 is 40.6 Å². The Morgan fingerprint density at radius 1 is 1.21 bits per heavy atom. The van der Waals surface area contributed by atoms with Gasteiger partial charge in [0.2, 0.25) is 0 Å². The number of likely N-dealkylation sites (tertiary alicyclic amines) is 1.